The van der Waals surface area contributed by atoms with Crippen LogP contribution >= 0.6 is 0 Å². The molecule has 9 nitrogen and oxygen atoms in total. The quantitative estimate of drug-likeness (QED) is 0.769. The van der Waals surface area contributed by atoms with Gasteiger partial charge in [-0.2, -0.15) is 5.10 Å². The average molecular weight is 387 g/mol. The summed E-state index contributed by atoms with van der Waals surface area (Å²) in [5.74, 6) is 2.46. The zero-order valence-electron chi connectivity index (χ0n) is 17.0. The molecule has 2 aliphatic rings. The maximum atomic E-state index is 12.8. The number of hydrogen-bond acceptors (Lipinski definition) is 6. The molecule has 9 heteroatoms. The molecule has 0 spiro atoms. The predicted molar refractivity (Wildman–Crippen MR) is 103 cm³/mol. The second-order valence-corrected chi connectivity index (χ2v) is 7.79. The van der Waals surface area contributed by atoms with E-state index in [-0.39, 0.29) is 5.91 Å². The summed E-state index contributed by atoms with van der Waals surface area (Å²) in [6.07, 6.45) is 3.63. The lowest BCUT2D eigenvalue weighted by Gasteiger charge is -2.31. The van der Waals surface area contributed by atoms with Gasteiger partial charge < -0.3 is 14.2 Å². The largest absolute Gasteiger partial charge is 0.379 e. The van der Waals surface area contributed by atoms with Gasteiger partial charge in [0.1, 0.15) is 11.6 Å². The fraction of sp³-hybridized carbons (Fsp3) is 0.684. The summed E-state index contributed by atoms with van der Waals surface area (Å²) < 4.78 is 9.26. The maximum Gasteiger partial charge on any atom is 0.257 e. The molecule has 0 aliphatic carbocycles. The first-order valence-corrected chi connectivity index (χ1v) is 10.0. The van der Waals surface area contributed by atoms with Crippen LogP contribution in [0.5, 0.6) is 0 Å². The molecule has 2 saturated heterocycles. The number of amides is 1. The van der Waals surface area contributed by atoms with Crippen molar-refractivity contribution in [3.63, 3.8) is 0 Å². The van der Waals surface area contributed by atoms with Gasteiger partial charge in [-0.25, -0.2) is 0 Å². The number of rotatable bonds is 4. The Labute approximate surface area is 165 Å². The number of carbonyl (C=O) groups is 1. The Morgan fingerprint density at radius 3 is 2.50 bits per heavy atom. The monoisotopic (exact) mass is 387 g/mol. The molecular formula is C19H29N7O2. The second kappa shape index (κ2) is 8.00. The van der Waals surface area contributed by atoms with E-state index < -0.39 is 0 Å². The highest BCUT2D eigenvalue weighted by Crippen LogP contribution is 2.28. The highest BCUT2D eigenvalue weighted by molar-refractivity contribution is 5.95. The van der Waals surface area contributed by atoms with E-state index in [1.807, 2.05) is 25.1 Å². The van der Waals surface area contributed by atoms with Gasteiger partial charge in [0.05, 0.1) is 31.0 Å². The zero-order chi connectivity index (χ0) is 19.7. The number of likely N-dealkylation sites (tertiary alicyclic amines) is 1. The Balaban J connectivity index is 1.37. The topological polar surface area (TPSA) is 81.3 Å². The van der Waals surface area contributed by atoms with Crippen LogP contribution in [0.1, 0.15) is 46.5 Å². The fourth-order valence-corrected chi connectivity index (χ4v) is 4.15. The standard InChI is InChI=1S/C19H29N7O2/c1-14-16(12-23(2)22-14)19(27)26-6-4-15(5-7-26)18-21-20-17(24(18)3)13-25-8-10-28-11-9-25/h12,15H,4-11,13H2,1-3H3. The molecule has 28 heavy (non-hydrogen) atoms. The van der Waals surface area contributed by atoms with Gasteiger partial charge in [-0.1, -0.05) is 0 Å². The Bertz CT molecular complexity index is 829. The lowest BCUT2D eigenvalue weighted by atomic mass is 9.95. The van der Waals surface area contributed by atoms with Crippen molar-refractivity contribution >= 4 is 5.91 Å². The molecule has 2 fully saturated rings. The van der Waals surface area contributed by atoms with E-state index >= 15 is 0 Å². The van der Waals surface area contributed by atoms with Crippen LogP contribution in [0, 0.1) is 6.92 Å². The van der Waals surface area contributed by atoms with Crippen molar-refractivity contribution in [3.8, 4) is 0 Å². The molecule has 0 unspecified atom stereocenters. The molecule has 0 radical (unpaired) electrons. The van der Waals surface area contributed by atoms with Crippen LogP contribution in [-0.4, -0.2) is 79.6 Å². The first kappa shape index (κ1) is 19.1. The number of aromatic nitrogens is 5. The van der Waals surface area contributed by atoms with Crippen LogP contribution in [0.15, 0.2) is 6.20 Å². The number of nitrogens with zero attached hydrogens (tertiary/aromatic N) is 7. The van der Waals surface area contributed by atoms with Gasteiger partial charge in [0.2, 0.25) is 0 Å². The van der Waals surface area contributed by atoms with Crippen LogP contribution in [0.3, 0.4) is 0 Å². The summed E-state index contributed by atoms with van der Waals surface area (Å²) in [5.41, 5.74) is 1.49. The van der Waals surface area contributed by atoms with Crippen molar-refractivity contribution in [2.75, 3.05) is 39.4 Å². The normalized spacial score (nSPS) is 19.3. The highest BCUT2D eigenvalue weighted by Gasteiger charge is 2.29. The van der Waals surface area contributed by atoms with Crippen molar-refractivity contribution in [2.45, 2.75) is 32.2 Å². The van der Waals surface area contributed by atoms with Crippen molar-refractivity contribution in [1.29, 1.82) is 0 Å². The van der Waals surface area contributed by atoms with E-state index in [0.29, 0.717) is 11.5 Å². The number of carbonyl (C=O) groups excluding carboxylic acids is 1. The minimum Gasteiger partial charge on any atom is -0.379 e. The van der Waals surface area contributed by atoms with Gasteiger partial charge in [-0.3, -0.25) is 14.4 Å². The third kappa shape index (κ3) is 3.81. The van der Waals surface area contributed by atoms with E-state index in [0.717, 1.165) is 76.1 Å². The van der Waals surface area contributed by atoms with Gasteiger partial charge >= 0.3 is 0 Å². The van der Waals surface area contributed by atoms with Crippen molar-refractivity contribution < 1.29 is 9.53 Å². The summed E-state index contributed by atoms with van der Waals surface area (Å²) in [6.45, 7) is 7.63. The van der Waals surface area contributed by atoms with Crippen molar-refractivity contribution in [1.82, 2.24) is 34.3 Å². The number of aryl methyl sites for hydroxylation is 2. The van der Waals surface area contributed by atoms with Crippen LogP contribution in [0.4, 0.5) is 0 Å². The van der Waals surface area contributed by atoms with Gasteiger partial charge in [-0.05, 0) is 19.8 Å². The van der Waals surface area contributed by atoms with Gasteiger partial charge in [0, 0.05) is 52.4 Å². The van der Waals surface area contributed by atoms with Gasteiger partial charge in [-0.15, -0.1) is 10.2 Å². The summed E-state index contributed by atoms with van der Waals surface area (Å²) in [5, 5.41) is 13.2. The number of hydrogen-bond donors (Lipinski definition) is 0. The van der Waals surface area contributed by atoms with Gasteiger partial charge in [0.25, 0.3) is 5.91 Å². The minimum absolute atomic E-state index is 0.0787. The first-order chi connectivity index (χ1) is 13.5. The molecule has 152 valence electrons. The van der Waals surface area contributed by atoms with E-state index in [1.54, 1.807) is 4.68 Å². The Morgan fingerprint density at radius 2 is 1.86 bits per heavy atom. The summed E-state index contributed by atoms with van der Waals surface area (Å²) in [6, 6.07) is 0. The lowest BCUT2D eigenvalue weighted by Crippen LogP contribution is -2.38. The molecule has 4 heterocycles. The molecule has 1 amide bonds. The summed E-state index contributed by atoms with van der Waals surface area (Å²) >= 11 is 0. The number of morpholine rings is 1. The summed E-state index contributed by atoms with van der Waals surface area (Å²) in [4.78, 5) is 17.1. The average Bonchev–Trinajstić information content (AvgIpc) is 3.24. The van der Waals surface area contributed by atoms with Gasteiger partial charge in [0.15, 0.2) is 0 Å². The van der Waals surface area contributed by atoms with Crippen molar-refractivity contribution in [2.24, 2.45) is 14.1 Å². The zero-order valence-corrected chi connectivity index (χ0v) is 17.0. The molecule has 0 N–H and O–H groups in total. The molecule has 0 saturated carbocycles. The summed E-state index contributed by atoms with van der Waals surface area (Å²) in [7, 11) is 3.90. The molecule has 0 aromatic carbocycles. The van der Waals surface area contributed by atoms with E-state index in [2.05, 4.69) is 31.8 Å². The fourth-order valence-electron chi connectivity index (χ4n) is 4.15. The molecule has 2 aliphatic heterocycles. The third-order valence-electron chi connectivity index (χ3n) is 5.86. The number of ether oxygens (including phenoxy) is 1. The molecule has 2 aromatic rings. The Morgan fingerprint density at radius 1 is 1.14 bits per heavy atom. The van der Waals surface area contributed by atoms with E-state index in [1.165, 1.54) is 0 Å². The predicted octanol–water partition coefficient (Wildman–Crippen LogP) is 0.709. The van der Waals surface area contributed by atoms with E-state index in [9.17, 15) is 4.79 Å². The smallest absolute Gasteiger partial charge is 0.257 e. The highest BCUT2D eigenvalue weighted by atomic mass is 16.5. The molecule has 0 atom stereocenters. The Kier molecular flexibility index (Phi) is 5.45. The number of piperidine rings is 1. The second-order valence-electron chi connectivity index (χ2n) is 7.79. The molecule has 2 aromatic heterocycles. The third-order valence-corrected chi connectivity index (χ3v) is 5.86. The Hall–Kier alpha value is -2.26. The van der Waals surface area contributed by atoms with Crippen LogP contribution < -0.4 is 0 Å². The van der Waals surface area contributed by atoms with Crippen LogP contribution in [0.2, 0.25) is 0 Å². The SMILES string of the molecule is Cc1nn(C)cc1C(=O)N1CCC(c2nnc(CN3CCOCC3)n2C)CC1. The van der Waals surface area contributed by atoms with E-state index in [4.69, 9.17) is 4.74 Å². The lowest BCUT2D eigenvalue weighted by molar-refractivity contribution is 0.0326. The molecule has 4 rings (SSSR count). The van der Waals surface area contributed by atoms with Crippen molar-refractivity contribution in [3.05, 3.63) is 29.1 Å². The van der Waals surface area contributed by atoms with Crippen LogP contribution in [0.25, 0.3) is 0 Å². The maximum absolute atomic E-state index is 12.8. The molecule has 0 bridgehead atoms. The van der Waals surface area contributed by atoms with Crippen LogP contribution in [-0.2, 0) is 25.4 Å². The molecular weight excluding hydrogens is 358 g/mol. The first-order valence-electron chi connectivity index (χ1n) is 10.0. The minimum atomic E-state index is 0.0787.